The minimum absolute atomic E-state index is 0.0505. The lowest BCUT2D eigenvalue weighted by atomic mass is 9.91. The zero-order valence-electron chi connectivity index (χ0n) is 42.2. The van der Waals surface area contributed by atoms with Crippen molar-refractivity contribution < 1.29 is 38.6 Å². The van der Waals surface area contributed by atoms with Crippen LogP contribution < -0.4 is 31.2 Å². The number of nitrogens with two attached hydrogens (primary N) is 1. The first-order valence-corrected chi connectivity index (χ1v) is 26.2. The molecule has 1 saturated heterocycles. The molecule has 3 aromatic carbocycles. The number of carbonyl (C=O) groups is 3. The predicted octanol–water partition coefficient (Wildman–Crippen LogP) is 8.07. The van der Waals surface area contributed by atoms with Crippen molar-refractivity contribution in [2.45, 2.75) is 116 Å². The van der Waals surface area contributed by atoms with Gasteiger partial charge in [0.2, 0.25) is 17.7 Å². The molecular formula is C55H69N9O8S. The summed E-state index contributed by atoms with van der Waals surface area (Å²) in [4.78, 5) is 47.2. The number of aromatic hydroxyl groups is 1. The van der Waals surface area contributed by atoms with Crippen molar-refractivity contribution >= 4 is 34.9 Å². The number of carbonyl (C=O) groups excluding carboxylic acids is 3. The summed E-state index contributed by atoms with van der Waals surface area (Å²) < 4.78 is 17.4. The highest BCUT2D eigenvalue weighted by Crippen LogP contribution is 2.34. The number of benzene rings is 3. The summed E-state index contributed by atoms with van der Waals surface area (Å²) in [6.45, 7) is 10.5. The molecule has 6 aromatic rings. The molecule has 0 unspecified atom stereocenters. The molecule has 18 heteroatoms. The van der Waals surface area contributed by atoms with E-state index in [0.29, 0.717) is 61.9 Å². The van der Waals surface area contributed by atoms with Crippen LogP contribution in [0.3, 0.4) is 0 Å². The number of anilines is 1. The van der Waals surface area contributed by atoms with Gasteiger partial charge in [-0.25, -0.2) is 4.98 Å². The molecule has 4 heterocycles. The maximum Gasteiger partial charge on any atom is 0.254 e. The van der Waals surface area contributed by atoms with Crippen LogP contribution in [0.5, 0.6) is 17.4 Å². The summed E-state index contributed by atoms with van der Waals surface area (Å²) >= 11 is 1.59. The highest BCUT2D eigenvalue weighted by Gasteiger charge is 2.43. The molecule has 0 radical (unpaired) electrons. The number of nitrogens with zero attached hydrogens (tertiary/aromatic N) is 5. The third kappa shape index (κ3) is 15.3. The standard InChI is InChI=1S/C55H69N9O8S/c1-35(2)51(55(69)64-33-42(65)29-45(64)54(68)60-36(3)40-20-22-41(23-21-40)52-37(4)59-34-73-52)47-31-50(63-72-47)71-28-26-57-25-12-8-6-5-7-9-15-49(67)58-32-39-18-16-38(17-19-39)24-27-70-48-30-44(61-62-53(48)56)43-13-10-11-14-46(43)66/h10-11,13-14,16-23,30-31,34-36,42,45,51,57,65-66H,5-9,12,15,24-29,32-33H2,1-4H3,(H2,56,62)(H,58,67)(H,60,68)/t36-,42+,45-,51+/m0/s1. The summed E-state index contributed by atoms with van der Waals surface area (Å²) in [6, 6.07) is 25.1. The molecule has 7 N–H and O–H groups in total. The monoisotopic (exact) mass is 1020 g/mol. The molecule has 4 atom stereocenters. The van der Waals surface area contributed by atoms with Crippen molar-refractivity contribution in [1.29, 1.82) is 0 Å². The van der Waals surface area contributed by atoms with Gasteiger partial charge in [-0.05, 0) is 78.7 Å². The van der Waals surface area contributed by atoms with E-state index in [1.165, 1.54) is 4.90 Å². The number of ether oxygens (including phenoxy) is 2. The fourth-order valence-electron chi connectivity index (χ4n) is 8.91. The molecule has 388 valence electrons. The SMILES string of the molecule is Cc1ncsc1-c1ccc([C@H](C)NC(=O)[C@@H]2C[C@@H](O)CN2C(=O)[C@@H](c2cc(OCCNCCCCCCCCC(=O)NCc3ccc(CCOc4cc(-c5ccccc5O)nnc4N)cc3)no2)C(C)C)cc1. The molecular weight excluding hydrogens is 947 g/mol. The number of unbranched alkanes of at least 4 members (excludes halogenated alkanes) is 5. The van der Waals surface area contributed by atoms with Gasteiger partial charge < -0.3 is 50.8 Å². The number of nitrogen functional groups attached to an aromatic ring is 1. The number of hydrogen-bond acceptors (Lipinski definition) is 15. The first-order valence-electron chi connectivity index (χ1n) is 25.3. The number of hydrogen-bond donors (Lipinski definition) is 6. The lowest BCUT2D eigenvalue weighted by Crippen LogP contribution is -2.48. The average molecular weight is 1020 g/mol. The van der Waals surface area contributed by atoms with Gasteiger partial charge in [0.05, 0.1) is 34.8 Å². The highest BCUT2D eigenvalue weighted by atomic mass is 32.1. The van der Waals surface area contributed by atoms with E-state index in [9.17, 15) is 24.6 Å². The molecule has 17 nitrogen and oxygen atoms in total. The predicted molar refractivity (Wildman–Crippen MR) is 281 cm³/mol. The van der Waals surface area contributed by atoms with Gasteiger partial charge in [-0.1, -0.05) is 100 Å². The van der Waals surface area contributed by atoms with E-state index < -0.39 is 18.1 Å². The molecule has 0 aliphatic carbocycles. The highest BCUT2D eigenvalue weighted by molar-refractivity contribution is 7.13. The van der Waals surface area contributed by atoms with Gasteiger partial charge in [-0.3, -0.25) is 14.4 Å². The number of amides is 3. The van der Waals surface area contributed by atoms with E-state index in [1.54, 1.807) is 41.7 Å². The number of nitrogens with one attached hydrogen (secondary N) is 3. The van der Waals surface area contributed by atoms with Crippen LogP contribution in [-0.4, -0.2) is 98.2 Å². The van der Waals surface area contributed by atoms with Crippen molar-refractivity contribution in [2.24, 2.45) is 5.92 Å². The molecule has 0 bridgehead atoms. The number of aromatic nitrogens is 4. The van der Waals surface area contributed by atoms with Crippen LogP contribution in [0.2, 0.25) is 0 Å². The minimum atomic E-state index is -0.828. The third-order valence-electron chi connectivity index (χ3n) is 13.1. The molecule has 73 heavy (non-hydrogen) atoms. The molecule has 3 aromatic heterocycles. The van der Waals surface area contributed by atoms with Gasteiger partial charge in [0.1, 0.15) is 30.0 Å². The second-order valence-electron chi connectivity index (χ2n) is 19.0. The van der Waals surface area contributed by atoms with Crippen molar-refractivity contribution in [3.8, 4) is 39.1 Å². The molecule has 0 spiro atoms. The molecule has 0 saturated carbocycles. The van der Waals surface area contributed by atoms with Crippen LogP contribution in [0.4, 0.5) is 5.82 Å². The van der Waals surface area contributed by atoms with Crippen LogP contribution in [0.25, 0.3) is 21.7 Å². The molecule has 1 fully saturated rings. The number of β-amino-alcohol motifs (C(OH)–C–C–N with tert-alkyl or cyclic N) is 1. The van der Waals surface area contributed by atoms with Crippen LogP contribution in [-0.2, 0) is 27.3 Å². The number of aliphatic hydroxyl groups is 1. The zero-order valence-corrected chi connectivity index (χ0v) is 43.0. The number of phenols is 1. The van der Waals surface area contributed by atoms with Gasteiger partial charge in [0.15, 0.2) is 17.3 Å². The lowest BCUT2D eigenvalue weighted by molar-refractivity contribution is -0.141. The van der Waals surface area contributed by atoms with Crippen LogP contribution in [0, 0.1) is 12.8 Å². The average Bonchev–Trinajstić information content (AvgIpc) is 4.14. The normalized spacial score (nSPS) is 15.3. The number of aliphatic hydroxyl groups excluding tert-OH is 1. The Labute approximate surface area is 431 Å². The van der Waals surface area contributed by atoms with Gasteiger partial charge in [-0.2, -0.15) is 0 Å². The first kappa shape index (κ1) is 53.9. The van der Waals surface area contributed by atoms with E-state index in [4.69, 9.17) is 19.7 Å². The van der Waals surface area contributed by atoms with Crippen LogP contribution >= 0.6 is 11.3 Å². The summed E-state index contributed by atoms with van der Waals surface area (Å²) in [5.74, 6) is -0.140. The third-order valence-corrected chi connectivity index (χ3v) is 14.0. The van der Waals surface area contributed by atoms with E-state index in [2.05, 4.69) is 36.3 Å². The molecule has 1 aliphatic rings. The number of phenolic OH excluding ortho intramolecular Hbond substituents is 1. The quantitative estimate of drug-likeness (QED) is 0.0268. The Kier molecular flexibility index (Phi) is 19.7. The van der Waals surface area contributed by atoms with Crippen molar-refractivity contribution in [1.82, 2.24) is 41.2 Å². The Hall–Kier alpha value is -6.89. The summed E-state index contributed by atoms with van der Waals surface area (Å²) in [7, 11) is 0. The Balaban J connectivity index is 0.718. The Morgan fingerprint density at radius 1 is 0.890 bits per heavy atom. The smallest absolute Gasteiger partial charge is 0.254 e. The Morgan fingerprint density at radius 2 is 1.63 bits per heavy atom. The van der Waals surface area contributed by atoms with Crippen LogP contribution in [0.15, 0.2) is 95.0 Å². The number of para-hydroxylation sites is 1. The Morgan fingerprint density at radius 3 is 2.37 bits per heavy atom. The maximum atomic E-state index is 14.1. The molecule has 1 aliphatic heterocycles. The van der Waals surface area contributed by atoms with Gasteiger partial charge >= 0.3 is 0 Å². The van der Waals surface area contributed by atoms with E-state index >= 15 is 0 Å². The minimum Gasteiger partial charge on any atom is -0.507 e. The lowest BCUT2D eigenvalue weighted by Gasteiger charge is -2.29. The fraction of sp³-hybridized carbons (Fsp3) is 0.436. The summed E-state index contributed by atoms with van der Waals surface area (Å²) in [5, 5.41) is 42.5. The van der Waals surface area contributed by atoms with Crippen molar-refractivity contribution in [3.63, 3.8) is 0 Å². The van der Waals surface area contributed by atoms with Crippen molar-refractivity contribution in [3.05, 3.63) is 119 Å². The maximum absolute atomic E-state index is 14.1. The second-order valence-corrected chi connectivity index (χ2v) is 19.8. The van der Waals surface area contributed by atoms with Gasteiger partial charge in [0.25, 0.3) is 5.88 Å². The van der Waals surface area contributed by atoms with Crippen molar-refractivity contribution in [2.75, 3.05) is 38.6 Å². The topological polar surface area (TPSA) is 240 Å². The number of thiazole rings is 1. The summed E-state index contributed by atoms with van der Waals surface area (Å²) in [5.41, 5.74) is 13.9. The van der Waals surface area contributed by atoms with E-state index in [-0.39, 0.29) is 60.1 Å². The zero-order chi connectivity index (χ0) is 51.7. The molecule has 3 amide bonds. The van der Waals surface area contributed by atoms with E-state index in [0.717, 1.165) is 77.9 Å². The van der Waals surface area contributed by atoms with Gasteiger partial charge in [0, 0.05) is 56.6 Å². The largest absolute Gasteiger partial charge is 0.507 e. The van der Waals surface area contributed by atoms with Crippen LogP contribution in [0.1, 0.15) is 112 Å². The van der Waals surface area contributed by atoms with Gasteiger partial charge in [-0.15, -0.1) is 21.5 Å². The Bertz CT molecular complexity index is 2710. The molecule has 7 rings (SSSR count). The second kappa shape index (κ2) is 26.7. The number of aryl methyl sites for hydroxylation is 1. The first-order chi connectivity index (χ1) is 35.3. The number of likely N-dealkylation sites (tertiary alicyclic amines) is 1. The fourth-order valence-corrected chi connectivity index (χ4v) is 9.72. The number of rotatable bonds is 27. The summed E-state index contributed by atoms with van der Waals surface area (Å²) in [6.07, 6.45) is 6.63. The van der Waals surface area contributed by atoms with E-state index in [1.807, 2.05) is 87.8 Å².